The number of carbonyl (C=O) groups excluding carboxylic acids is 1. The number of carbonyl (C=O) groups is 1. The van der Waals surface area contributed by atoms with Crippen molar-refractivity contribution in [2.75, 3.05) is 13.1 Å². The molecule has 2 rings (SSSR count). The van der Waals surface area contributed by atoms with E-state index in [1.165, 1.54) is 3.57 Å². The minimum Gasteiger partial charge on any atom is -0.444 e. The number of rotatable bonds is 4. The summed E-state index contributed by atoms with van der Waals surface area (Å²) in [6.45, 7) is 9.65. The van der Waals surface area contributed by atoms with Gasteiger partial charge in [0.2, 0.25) is 0 Å². The van der Waals surface area contributed by atoms with Gasteiger partial charge in [0.1, 0.15) is 5.60 Å². The second kappa shape index (κ2) is 7.38. The molecular weight excluding hydrogens is 405 g/mol. The first kappa shape index (κ1) is 18.5. The monoisotopic (exact) mass is 431 g/mol. The first-order valence-electron chi connectivity index (χ1n) is 8.09. The topological polar surface area (TPSA) is 38.8 Å². The maximum atomic E-state index is 12.2. The molecular formula is C18H26INO3. The van der Waals surface area contributed by atoms with E-state index in [0.717, 1.165) is 18.4 Å². The number of ether oxygens (including phenoxy) is 2. The third-order valence-electron chi connectivity index (χ3n) is 4.07. The molecule has 0 aliphatic carbocycles. The molecule has 0 bridgehead atoms. The lowest BCUT2D eigenvalue weighted by atomic mass is 9.99. The molecule has 0 saturated carbocycles. The minimum absolute atomic E-state index is 0.245. The highest BCUT2D eigenvalue weighted by Crippen LogP contribution is 2.31. The van der Waals surface area contributed by atoms with Crippen molar-refractivity contribution >= 4 is 28.7 Å². The van der Waals surface area contributed by atoms with Crippen LogP contribution in [0.4, 0.5) is 4.79 Å². The fraction of sp³-hybridized carbons (Fsp3) is 0.611. The number of hydrogen-bond donors (Lipinski definition) is 0. The first-order chi connectivity index (χ1) is 10.7. The SMILES string of the molecule is CCC1(OCc2ccc(I)cc2)CCN(C(=O)OC(C)(C)C)C1. The minimum atomic E-state index is -0.462. The molecule has 1 aromatic carbocycles. The summed E-state index contributed by atoms with van der Waals surface area (Å²) in [7, 11) is 0. The van der Waals surface area contributed by atoms with E-state index in [9.17, 15) is 4.79 Å². The molecule has 1 saturated heterocycles. The molecule has 0 aromatic heterocycles. The Kier molecular flexibility index (Phi) is 5.94. The fourth-order valence-electron chi connectivity index (χ4n) is 2.65. The molecule has 0 radical (unpaired) electrons. The Morgan fingerprint density at radius 3 is 2.52 bits per heavy atom. The van der Waals surface area contributed by atoms with Crippen LogP contribution >= 0.6 is 22.6 Å². The zero-order valence-electron chi connectivity index (χ0n) is 14.4. The van der Waals surface area contributed by atoms with E-state index in [4.69, 9.17) is 9.47 Å². The summed E-state index contributed by atoms with van der Waals surface area (Å²) < 4.78 is 12.9. The van der Waals surface area contributed by atoms with Crippen molar-refractivity contribution in [1.82, 2.24) is 4.90 Å². The number of likely N-dealkylation sites (tertiary alicyclic amines) is 1. The lowest BCUT2D eigenvalue weighted by molar-refractivity contribution is -0.0527. The van der Waals surface area contributed by atoms with Gasteiger partial charge in [-0.05, 0) is 73.9 Å². The van der Waals surface area contributed by atoms with Gasteiger partial charge in [-0.25, -0.2) is 4.79 Å². The van der Waals surface area contributed by atoms with Crippen LogP contribution in [-0.2, 0) is 16.1 Å². The van der Waals surface area contributed by atoms with Crippen LogP contribution in [0.15, 0.2) is 24.3 Å². The lowest BCUT2D eigenvalue weighted by Crippen LogP contribution is -2.40. The molecule has 1 atom stereocenters. The van der Waals surface area contributed by atoms with E-state index in [1.807, 2.05) is 20.8 Å². The summed E-state index contributed by atoms with van der Waals surface area (Å²) in [5.74, 6) is 0. The van der Waals surface area contributed by atoms with Crippen LogP contribution in [0.1, 0.15) is 46.1 Å². The lowest BCUT2D eigenvalue weighted by Gasteiger charge is -2.29. The summed E-state index contributed by atoms with van der Waals surface area (Å²) >= 11 is 2.29. The standard InChI is InChI=1S/C18H26INO3/c1-5-18(22-12-14-6-8-15(19)9-7-14)10-11-20(13-18)16(21)23-17(2,3)4/h6-9H,5,10-13H2,1-4H3. The van der Waals surface area contributed by atoms with E-state index in [0.29, 0.717) is 19.7 Å². The third kappa shape index (κ3) is 5.35. The molecule has 0 spiro atoms. The Labute approximate surface area is 152 Å². The van der Waals surface area contributed by atoms with Gasteiger partial charge in [-0.3, -0.25) is 0 Å². The smallest absolute Gasteiger partial charge is 0.410 e. The van der Waals surface area contributed by atoms with Crippen LogP contribution in [0, 0.1) is 3.57 Å². The molecule has 1 amide bonds. The van der Waals surface area contributed by atoms with Crippen molar-refractivity contribution < 1.29 is 14.3 Å². The van der Waals surface area contributed by atoms with Gasteiger partial charge in [0, 0.05) is 10.1 Å². The fourth-order valence-corrected chi connectivity index (χ4v) is 3.01. The van der Waals surface area contributed by atoms with Crippen molar-refractivity contribution in [2.45, 2.75) is 58.3 Å². The van der Waals surface area contributed by atoms with Crippen LogP contribution in [0.25, 0.3) is 0 Å². The maximum absolute atomic E-state index is 12.2. The molecule has 1 aliphatic heterocycles. The molecule has 128 valence electrons. The van der Waals surface area contributed by atoms with E-state index < -0.39 is 5.60 Å². The Morgan fingerprint density at radius 1 is 1.30 bits per heavy atom. The van der Waals surface area contributed by atoms with Crippen molar-refractivity contribution in [3.05, 3.63) is 33.4 Å². The van der Waals surface area contributed by atoms with Gasteiger partial charge in [0.25, 0.3) is 0 Å². The Hall–Kier alpha value is -0.820. The van der Waals surface area contributed by atoms with Gasteiger partial charge < -0.3 is 14.4 Å². The van der Waals surface area contributed by atoms with Crippen LogP contribution < -0.4 is 0 Å². The van der Waals surface area contributed by atoms with Crippen LogP contribution in [0.2, 0.25) is 0 Å². The molecule has 0 N–H and O–H groups in total. The van der Waals surface area contributed by atoms with Gasteiger partial charge in [-0.15, -0.1) is 0 Å². The first-order valence-corrected chi connectivity index (χ1v) is 9.17. The largest absolute Gasteiger partial charge is 0.444 e. The molecule has 1 unspecified atom stereocenters. The highest BCUT2D eigenvalue weighted by atomic mass is 127. The average molecular weight is 431 g/mol. The van der Waals surface area contributed by atoms with Crippen molar-refractivity contribution in [3.63, 3.8) is 0 Å². The average Bonchev–Trinajstić information content (AvgIpc) is 2.90. The molecule has 1 aliphatic rings. The Bertz CT molecular complexity index is 538. The highest BCUT2D eigenvalue weighted by molar-refractivity contribution is 14.1. The summed E-state index contributed by atoms with van der Waals surface area (Å²) in [4.78, 5) is 14.0. The Balaban J connectivity index is 1.94. The zero-order valence-corrected chi connectivity index (χ0v) is 16.6. The van der Waals surface area contributed by atoms with Gasteiger partial charge in [-0.2, -0.15) is 0 Å². The molecule has 1 fully saturated rings. The van der Waals surface area contributed by atoms with Crippen molar-refractivity contribution in [3.8, 4) is 0 Å². The molecule has 5 heteroatoms. The normalized spacial score (nSPS) is 21.5. The molecule has 1 aromatic rings. The number of halogens is 1. The summed E-state index contributed by atoms with van der Waals surface area (Å²) in [6.07, 6.45) is 1.50. The number of amides is 1. The summed E-state index contributed by atoms with van der Waals surface area (Å²) in [6, 6.07) is 8.34. The molecule has 23 heavy (non-hydrogen) atoms. The number of hydrogen-bond acceptors (Lipinski definition) is 3. The van der Waals surface area contributed by atoms with Crippen molar-refractivity contribution in [1.29, 1.82) is 0 Å². The van der Waals surface area contributed by atoms with Gasteiger partial charge in [0.05, 0.1) is 18.8 Å². The summed E-state index contributed by atoms with van der Waals surface area (Å²) in [5.41, 5.74) is 0.435. The zero-order chi connectivity index (χ0) is 17.1. The number of nitrogens with zero attached hydrogens (tertiary/aromatic N) is 1. The van der Waals surface area contributed by atoms with Crippen molar-refractivity contribution in [2.24, 2.45) is 0 Å². The van der Waals surface area contributed by atoms with Crippen LogP contribution in [-0.4, -0.2) is 35.3 Å². The van der Waals surface area contributed by atoms with Gasteiger partial charge in [-0.1, -0.05) is 19.1 Å². The third-order valence-corrected chi connectivity index (χ3v) is 4.79. The Morgan fingerprint density at radius 2 is 1.96 bits per heavy atom. The van der Waals surface area contributed by atoms with Gasteiger partial charge in [0.15, 0.2) is 0 Å². The highest BCUT2D eigenvalue weighted by Gasteiger charge is 2.40. The predicted molar refractivity (Wildman–Crippen MR) is 99.4 cm³/mol. The van der Waals surface area contributed by atoms with Gasteiger partial charge >= 0.3 is 6.09 Å². The van der Waals surface area contributed by atoms with E-state index in [2.05, 4.69) is 53.8 Å². The second-order valence-corrected chi connectivity index (χ2v) is 8.35. The van der Waals surface area contributed by atoms with E-state index >= 15 is 0 Å². The van der Waals surface area contributed by atoms with E-state index in [1.54, 1.807) is 4.90 Å². The maximum Gasteiger partial charge on any atom is 0.410 e. The van der Waals surface area contributed by atoms with E-state index in [-0.39, 0.29) is 11.7 Å². The molecule has 1 heterocycles. The molecule has 4 nitrogen and oxygen atoms in total. The number of benzene rings is 1. The predicted octanol–water partition coefficient (Wildman–Crippen LogP) is 4.60. The summed E-state index contributed by atoms with van der Waals surface area (Å²) in [5, 5.41) is 0. The van der Waals surface area contributed by atoms with Crippen LogP contribution in [0.3, 0.4) is 0 Å². The van der Waals surface area contributed by atoms with Crippen LogP contribution in [0.5, 0.6) is 0 Å². The second-order valence-electron chi connectivity index (χ2n) is 7.10. The quantitative estimate of drug-likeness (QED) is 0.655.